The van der Waals surface area contributed by atoms with Gasteiger partial charge in [0.2, 0.25) is 5.91 Å². The molecule has 2 saturated heterocycles. The largest absolute Gasteiger partial charge is 0.369 e. The second-order valence-electron chi connectivity index (χ2n) is 7.14. The highest BCUT2D eigenvalue weighted by molar-refractivity contribution is 5.78. The molecule has 2 fully saturated rings. The second-order valence-corrected chi connectivity index (χ2v) is 7.14. The molecule has 0 radical (unpaired) electrons. The van der Waals surface area contributed by atoms with E-state index < -0.39 is 0 Å². The SMILES string of the molecule is Cc1ccc(N2CCC[C@]3(CN(C(=O)CN(C)C)CCO3)C2)nn1. The summed E-state index contributed by atoms with van der Waals surface area (Å²) in [7, 11) is 3.85. The van der Waals surface area contributed by atoms with Crippen molar-refractivity contribution < 1.29 is 9.53 Å². The first-order valence-corrected chi connectivity index (χ1v) is 8.59. The van der Waals surface area contributed by atoms with Crippen LogP contribution in [0.5, 0.6) is 0 Å². The predicted octanol–water partition coefficient (Wildman–Crippen LogP) is 0.544. The number of aryl methyl sites for hydroxylation is 1. The Labute approximate surface area is 143 Å². The van der Waals surface area contributed by atoms with Crippen molar-refractivity contribution in [2.24, 2.45) is 0 Å². The lowest BCUT2D eigenvalue weighted by Gasteiger charge is -2.48. The van der Waals surface area contributed by atoms with Crippen LogP contribution in [0.25, 0.3) is 0 Å². The van der Waals surface area contributed by atoms with Gasteiger partial charge >= 0.3 is 0 Å². The van der Waals surface area contributed by atoms with Gasteiger partial charge in [-0.1, -0.05) is 0 Å². The van der Waals surface area contributed by atoms with E-state index in [1.807, 2.05) is 43.0 Å². The molecule has 0 aliphatic carbocycles. The van der Waals surface area contributed by atoms with Crippen molar-refractivity contribution >= 4 is 11.7 Å². The van der Waals surface area contributed by atoms with Crippen molar-refractivity contribution in [2.75, 3.05) is 58.3 Å². The van der Waals surface area contributed by atoms with E-state index in [-0.39, 0.29) is 11.5 Å². The minimum atomic E-state index is -0.287. The molecule has 1 aromatic rings. The summed E-state index contributed by atoms with van der Waals surface area (Å²) in [5.41, 5.74) is 0.630. The number of amides is 1. The molecule has 1 aromatic heterocycles. The van der Waals surface area contributed by atoms with E-state index in [9.17, 15) is 4.79 Å². The summed E-state index contributed by atoms with van der Waals surface area (Å²) in [4.78, 5) is 18.5. The van der Waals surface area contributed by atoms with E-state index >= 15 is 0 Å². The molecule has 1 amide bonds. The topological polar surface area (TPSA) is 61.8 Å². The Morgan fingerprint density at radius 2 is 2.12 bits per heavy atom. The number of likely N-dealkylation sites (N-methyl/N-ethyl adjacent to an activating group) is 1. The summed E-state index contributed by atoms with van der Waals surface area (Å²) in [5, 5.41) is 8.47. The normalized spacial score (nSPS) is 24.7. The van der Waals surface area contributed by atoms with Crippen LogP contribution in [-0.2, 0) is 9.53 Å². The van der Waals surface area contributed by atoms with Crippen LogP contribution in [0.15, 0.2) is 12.1 Å². The fourth-order valence-corrected chi connectivity index (χ4v) is 3.53. The molecule has 1 atom stereocenters. The van der Waals surface area contributed by atoms with Gasteiger partial charge in [0.1, 0.15) is 5.60 Å². The van der Waals surface area contributed by atoms with Crippen molar-refractivity contribution in [3.05, 3.63) is 17.8 Å². The first kappa shape index (κ1) is 17.1. The summed E-state index contributed by atoms with van der Waals surface area (Å²) in [6.07, 6.45) is 2.01. The van der Waals surface area contributed by atoms with Crippen molar-refractivity contribution in [2.45, 2.75) is 25.4 Å². The van der Waals surface area contributed by atoms with Crippen LogP contribution < -0.4 is 4.90 Å². The Balaban J connectivity index is 1.70. The van der Waals surface area contributed by atoms with Gasteiger partial charge in [-0.15, -0.1) is 5.10 Å². The number of hydrogen-bond acceptors (Lipinski definition) is 6. The van der Waals surface area contributed by atoms with E-state index in [1.54, 1.807) is 0 Å². The highest BCUT2D eigenvalue weighted by Crippen LogP contribution is 2.31. The number of hydrogen-bond donors (Lipinski definition) is 0. The number of nitrogens with zero attached hydrogens (tertiary/aromatic N) is 5. The maximum absolute atomic E-state index is 12.4. The molecular formula is C17H27N5O2. The molecule has 3 rings (SSSR count). The Hall–Kier alpha value is -1.73. The fourth-order valence-electron chi connectivity index (χ4n) is 3.53. The molecule has 7 heteroatoms. The molecule has 2 aliphatic heterocycles. The number of rotatable bonds is 3. The van der Waals surface area contributed by atoms with Crippen molar-refractivity contribution in [1.29, 1.82) is 0 Å². The lowest BCUT2D eigenvalue weighted by molar-refractivity contribution is -0.152. The zero-order valence-electron chi connectivity index (χ0n) is 14.9. The molecule has 1 spiro atoms. The third-order valence-electron chi connectivity index (χ3n) is 4.70. The molecule has 2 aliphatic rings. The molecule has 132 valence electrons. The number of aromatic nitrogens is 2. The monoisotopic (exact) mass is 333 g/mol. The average molecular weight is 333 g/mol. The summed E-state index contributed by atoms with van der Waals surface area (Å²) in [6, 6.07) is 4.00. The third kappa shape index (κ3) is 3.84. The Morgan fingerprint density at radius 3 is 2.83 bits per heavy atom. The molecule has 0 saturated carbocycles. The van der Waals surface area contributed by atoms with Crippen molar-refractivity contribution in [3.8, 4) is 0 Å². The Bertz CT molecular complexity index is 573. The number of carbonyl (C=O) groups is 1. The number of carbonyl (C=O) groups excluding carboxylic acids is 1. The van der Waals surface area contributed by atoms with Gasteiger partial charge in [-0.3, -0.25) is 4.79 Å². The summed E-state index contributed by atoms with van der Waals surface area (Å²) in [5.74, 6) is 1.06. The van der Waals surface area contributed by atoms with Gasteiger partial charge in [0.15, 0.2) is 5.82 Å². The highest BCUT2D eigenvalue weighted by Gasteiger charge is 2.42. The molecule has 0 bridgehead atoms. The van der Waals surface area contributed by atoms with Crippen LogP contribution in [0.3, 0.4) is 0 Å². The molecule has 0 aromatic carbocycles. The van der Waals surface area contributed by atoms with E-state index in [2.05, 4.69) is 15.1 Å². The van der Waals surface area contributed by atoms with Gasteiger partial charge in [0.25, 0.3) is 0 Å². The van der Waals surface area contributed by atoms with Gasteiger partial charge in [-0.25, -0.2) is 0 Å². The number of piperidine rings is 1. The third-order valence-corrected chi connectivity index (χ3v) is 4.70. The Morgan fingerprint density at radius 1 is 1.29 bits per heavy atom. The van der Waals surface area contributed by atoms with Gasteiger partial charge in [0.05, 0.1) is 31.9 Å². The van der Waals surface area contributed by atoms with Gasteiger partial charge < -0.3 is 19.4 Å². The minimum absolute atomic E-state index is 0.176. The van der Waals surface area contributed by atoms with E-state index in [0.717, 1.165) is 37.4 Å². The smallest absolute Gasteiger partial charge is 0.236 e. The molecule has 0 N–H and O–H groups in total. The standard InChI is InChI=1S/C17H27N5O2/c1-14-5-6-15(19-18-14)21-8-4-7-17(12-21)13-22(9-10-24-17)16(23)11-20(2)3/h5-6H,4,7-13H2,1-3H3/t17-/m1/s1. The van der Waals surface area contributed by atoms with E-state index in [0.29, 0.717) is 26.2 Å². The quantitative estimate of drug-likeness (QED) is 0.805. The Kier molecular flexibility index (Phi) is 5.01. The van der Waals surface area contributed by atoms with Crippen LogP contribution in [-0.4, -0.2) is 84.9 Å². The van der Waals surface area contributed by atoms with E-state index in [1.165, 1.54) is 0 Å². The first-order valence-electron chi connectivity index (χ1n) is 8.59. The van der Waals surface area contributed by atoms with Gasteiger partial charge in [-0.05, 0) is 46.0 Å². The first-order chi connectivity index (χ1) is 11.5. The number of anilines is 1. The lowest BCUT2D eigenvalue weighted by atomic mass is 9.90. The lowest BCUT2D eigenvalue weighted by Crippen LogP contribution is -2.61. The minimum Gasteiger partial charge on any atom is -0.369 e. The molecule has 7 nitrogen and oxygen atoms in total. The van der Waals surface area contributed by atoms with Crippen molar-refractivity contribution in [1.82, 2.24) is 20.0 Å². The molecule has 3 heterocycles. The van der Waals surface area contributed by atoms with Crippen LogP contribution in [0.2, 0.25) is 0 Å². The summed E-state index contributed by atoms with van der Waals surface area (Å²) in [6.45, 7) is 6.04. The highest BCUT2D eigenvalue weighted by atomic mass is 16.5. The van der Waals surface area contributed by atoms with Crippen LogP contribution in [0.1, 0.15) is 18.5 Å². The van der Waals surface area contributed by atoms with Gasteiger partial charge in [-0.2, -0.15) is 5.10 Å². The fraction of sp³-hybridized carbons (Fsp3) is 0.706. The zero-order chi connectivity index (χ0) is 17.2. The average Bonchev–Trinajstić information content (AvgIpc) is 2.55. The number of morpholine rings is 1. The molecule has 24 heavy (non-hydrogen) atoms. The maximum Gasteiger partial charge on any atom is 0.236 e. The van der Waals surface area contributed by atoms with Crippen LogP contribution in [0, 0.1) is 6.92 Å². The number of ether oxygens (including phenoxy) is 1. The molecular weight excluding hydrogens is 306 g/mol. The second kappa shape index (κ2) is 7.03. The predicted molar refractivity (Wildman–Crippen MR) is 92.0 cm³/mol. The zero-order valence-corrected chi connectivity index (χ0v) is 14.9. The maximum atomic E-state index is 12.4. The van der Waals surface area contributed by atoms with Crippen LogP contribution >= 0.6 is 0 Å². The van der Waals surface area contributed by atoms with Gasteiger partial charge in [0, 0.05) is 13.1 Å². The summed E-state index contributed by atoms with van der Waals surface area (Å²) < 4.78 is 6.17. The summed E-state index contributed by atoms with van der Waals surface area (Å²) >= 11 is 0. The van der Waals surface area contributed by atoms with Crippen LogP contribution in [0.4, 0.5) is 5.82 Å². The van der Waals surface area contributed by atoms with E-state index in [4.69, 9.17) is 4.74 Å². The van der Waals surface area contributed by atoms with Crippen molar-refractivity contribution in [3.63, 3.8) is 0 Å². The molecule has 0 unspecified atom stereocenters.